The summed E-state index contributed by atoms with van der Waals surface area (Å²) in [5.41, 5.74) is 4.46. The molecule has 0 saturated heterocycles. The molecule has 0 heterocycles. The average Bonchev–Trinajstić information content (AvgIpc) is 2.54. The Morgan fingerprint density at radius 3 is 2.48 bits per heavy atom. The van der Waals surface area contributed by atoms with E-state index >= 15 is 0 Å². The Balaban J connectivity index is 2.14. The average molecular weight is 367 g/mol. The van der Waals surface area contributed by atoms with Gasteiger partial charge in [0.15, 0.2) is 0 Å². The molecular weight excluding hydrogens is 348 g/mol. The second-order valence-electron chi connectivity index (χ2n) is 5.79. The van der Waals surface area contributed by atoms with Gasteiger partial charge in [0.25, 0.3) is 0 Å². The summed E-state index contributed by atoms with van der Waals surface area (Å²) in [5, 5.41) is 2.27. The molecule has 2 heteroatoms. The second-order valence-corrected chi connectivity index (χ2v) is 6.64. The lowest BCUT2D eigenvalue weighted by molar-refractivity contribution is 0.309. The topological polar surface area (TPSA) is 9.23 Å². The van der Waals surface area contributed by atoms with Crippen LogP contribution in [0.15, 0.2) is 65.6 Å². The molecule has 0 fully saturated rings. The molecule has 3 rings (SSSR count). The van der Waals surface area contributed by atoms with E-state index < -0.39 is 0 Å². The highest BCUT2D eigenvalue weighted by Gasteiger charge is 2.15. The molecular formula is C21H19BrO. The number of allylic oxidation sites excluding steroid dienone is 1. The fourth-order valence-electron chi connectivity index (χ4n) is 2.89. The monoisotopic (exact) mass is 366 g/mol. The van der Waals surface area contributed by atoms with E-state index in [0.29, 0.717) is 6.61 Å². The quantitative estimate of drug-likeness (QED) is 0.510. The normalized spacial score (nSPS) is 10.7. The van der Waals surface area contributed by atoms with Crippen molar-refractivity contribution >= 4 is 32.3 Å². The number of hydrogen-bond donors (Lipinski definition) is 0. The third-order valence-electron chi connectivity index (χ3n) is 3.93. The van der Waals surface area contributed by atoms with Crippen molar-refractivity contribution in [3.05, 3.63) is 82.3 Å². The molecule has 0 aliphatic heterocycles. The highest BCUT2D eigenvalue weighted by Crippen LogP contribution is 2.39. The fourth-order valence-corrected chi connectivity index (χ4v) is 3.37. The van der Waals surface area contributed by atoms with E-state index in [0.717, 1.165) is 37.7 Å². The van der Waals surface area contributed by atoms with Crippen molar-refractivity contribution in [3.63, 3.8) is 0 Å². The zero-order valence-electron chi connectivity index (χ0n) is 13.4. The molecule has 0 saturated carbocycles. The zero-order valence-corrected chi connectivity index (χ0v) is 15.0. The first-order valence-electron chi connectivity index (χ1n) is 7.62. The maximum Gasteiger partial charge on any atom is 0.135 e. The largest absolute Gasteiger partial charge is 0.488 e. The summed E-state index contributed by atoms with van der Waals surface area (Å²) >= 11 is 3.64. The van der Waals surface area contributed by atoms with E-state index in [9.17, 15) is 0 Å². The minimum Gasteiger partial charge on any atom is -0.488 e. The number of fused-ring (bicyclic) bond motifs is 1. The molecule has 1 nitrogen and oxygen atoms in total. The molecule has 0 atom stereocenters. The van der Waals surface area contributed by atoms with Gasteiger partial charge in [-0.25, -0.2) is 0 Å². The van der Waals surface area contributed by atoms with Gasteiger partial charge in [-0.1, -0.05) is 65.0 Å². The minimum absolute atomic E-state index is 0.548. The Hall–Kier alpha value is -2.06. The minimum atomic E-state index is 0.548. The Labute approximate surface area is 145 Å². The van der Waals surface area contributed by atoms with Crippen molar-refractivity contribution in [2.24, 2.45) is 0 Å². The van der Waals surface area contributed by atoms with Crippen LogP contribution in [0.5, 0.6) is 5.75 Å². The van der Waals surface area contributed by atoms with Gasteiger partial charge in [-0.3, -0.25) is 0 Å². The summed E-state index contributed by atoms with van der Waals surface area (Å²) in [5.74, 6) is 0.914. The summed E-state index contributed by atoms with van der Waals surface area (Å²) in [6, 6.07) is 18.6. The number of benzene rings is 3. The first-order chi connectivity index (χ1) is 11.1. The van der Waals surface area contributed by atoms with Crippen LogP contribution in [0.4, 0.5) is 0 Å². The second kappa shape index (κ2) is 6.59. The molecule has 0 N–H and O–H groups in total. The third kappa shape index (κ3) is 3.18. The molecule has 0 radical (unpaired) electrons. The summed E-state index contributed by atoms with van der Waals surface area (Å²) in [6.45, 7) is 8.83. The van der Waals surface area contributed by atoms with E-state index in [-0.39, 0.29) is 0 Å². The van der Waals surface area contributed by atoms with Crippen molar-refractivity contribution in [1.29, 1.82) is 0 Å². The first-order valence-corrected chi connectivity index (χ1v) is 8.41. The van der Waals surface area contributed by atoms with Gasteiger partial charge in [0.1, 0.15) is 12.4 Å². The van der Waals surface area contributed by atoms with E-state index in [1.54, 1.807) is 0 Å². The summed E-state index contributed by atoms with van der Waals surface area (Å²) < 4.78 is 7.33. The maximum absolute atomic E-state index is 6.25. The number of hydrogen-bond acceptors (Lipinski definition) is 1. The molecule has 23 heavy (non-hydrogen) atoms. The molecule has 3 aromatic rings. The smallest absolute Gasteiger partial charge is 0.135 e. The van der Waals surface area contributed by atoms with Crippen LogP contribution in [0, 0.1) is 6.92 Å². The van der Waals surface area contributed by atoms with Crippen LogP contribution in [-0.4, -0.2) is 0 Å². The van der Waals surface area contributed by atoms with Crippen LogP contribution in [-0.2, 0) is 6.61 Å². The van der Waals surface area contributed by atoms with E-state index in [4.69, 9.17) is 4.74 Å². The van der Waals surface area contributed by atoms with Crippen LogP contribution in [0.1, 0.15) is 23.6 Å². The summed E-state index contributed by atoms with van der Waals surface area (Å²) in [4.78, 5) is 0. The van der Waals surface area contributed by atoms with Crippen LogP contribution in [0.3, 0.4) is 0 Å². The molecule has 0 spiro atoms. The zero-order chi connectivity index (χ0) is 16.4. The SMILES string of the molecule is C=C(C)c1c(C)cc2c(Br)cccc2c1OCc1ccccc1. The van der Waals surface area contributed by atoms with Crippen LogP contribution in [0.2, 0.25) is 0 Å². The van der Waals surface area contributed by atoms with E-state index in [2.05, 4.69) is 59.8 Å². The Kier molecular flexibility index (Phi) is 4.53. The Bertz CT molecular complexity index is 866. The molecule has 116 valence electrons. The van der Waals surface area contributed by atoms with Gasteiger partial charge in [-0.05, 0) is 48.1 Å². The highest BCUT2D eigenvalue weighted by molar-refractivity contribution is 9.10. The lowest BCUT2D eigenvalue weighted by Crippen LogP contribution is -2.00. The number of aryl methyl sites for hydroxylation is 1. The molecule has 0 aliphatic rings. The van der Waals surface area contributed by atoms with Crippen LogP contribution < -0.4 is 4.74 Å². The molecule has 0 aromatic heterocycles. The van der Waals surface area contributed by atoms with Crippen molar-refractivity contribution < 1.29 is 4.74 Å². The molecule has 0 unspecified atom stereocenters. The molecule has 3 aromatic carbocycles. The predicted octanol–water partition coefficient (Wildman–Crippen LogP) is 6.52. The van der Waals surface area contributed by atoms with Gasteiger partial charge in [-0.2, -0.15) is 0 Å². The highest BCUT2D eigenvalue weighted by atomic mass is 79.9. The van der Waals surface area contributed by atoms with Crippen molar-refractivity contribution in [1.82, 2.24) is 0 Å². The van der Waals surface area contributed by atoms with Gasteiger partial charge in [0.2, 0.25) is 0 Å². The van der Waals surface area contributed by atoms with E-state index in [1.165, 1.54) is 5.56 Å². The Morgan fingerprint density at radius 1 is 1.04 bits per heavy atom. The van der Waals surface area contributed by atoms with E-state index in [1.807, 2.05) is 31.2 Å². The summed E-state index contributed by atoms with van der Waals surface area (Å²) in [7, 11) is 0. The number of halogens is 1. The molecule has 0 amide bonds. The first kappa shape index (κ1) is 15.8. The van der Waals surface area contributed by atoms with Crippen molar-refractivity contribution in [2.75, 3.05) is 0 Å². The van der Waals surface area contributed by atoms with Crippen LogP contribution >= 0.6 is 15.9 Å². The van der Waals surface area contributed by atoms with Crippen molar-refractivity contribution in [2.45, 2.75) is 20.5 Å². The maximum atomic E-state index is 6.25. The van der Waals surface area contributed by atoms with Gasteiger partial charge in [0, 0.05) is 15.4 Å². The number of ether oxygens (including phenoxy) is 1. The third-order valence-corrected chi connectivity index (χ3v) is 4.62. The number of rotatable bonds is 4. The van der Waals surface area contributed by atoms with Crippen molar-refractivity contribution in [3.8, 4) is 5.75 Å². The Morgan fingerprint density at radius 2 is 1.78 bits per heavy atom. The lowest BCUT2D eigenvalue weighted by Gasteiger charge is -2.18. The van der Waals surface area contributed by atoms with Gasteiger partial charge < -0.3 is 4.74 Å². The van der Waals surface area contributed by atoms with Gasteiger partial charge in [-0.15, -0.1) is 0 Å². The lowest BCUT2D eigenvalue weighted by atomic mass is 9.96. The molecule has 0 aliphatic carbocycles. The van der Waals surface area contributed by atoms with Gasteiger partial charge in [0.05, 0.1) is 0 Å². The van der Waals surface area contributed by atoms with Gasteiger partial charge >= 0.3 is 0 Å². The molecule has 0 bridgehead atoms. The summed E-state index contributed by atoms with van der Waals surface area (Å²) in [6.07, 6.45) is 0. The fraction of sp³-hybridized carbons (Fsp3) is 0.143. The predicted molar refractivity (Wildman–Crippen MR) is 102 cm³/mol. The standard InChI is InChI=1S/C21H19BrO/c1-14(2)20-15(3)12-18-17(10-7-11-19(18)22)21(20)23-13-16-8-5-4-6-9-16/h4-12H,1,13H2,2-3H3. The van der Waals surface area contributed by atoms with Crippen LogP contribution in [0.25, 0.3) is 16.3 Å².